The van der Waals surface area contributed by atoms with E-state index in [1.165, 1.54) is 11.3 Å². The highest BCUT2D eigenvalue weighted by molar-refractivity contribution is 6.30. The van der Waals surface area contributed by atoms with E-state index in [2.05, 4.69) is 6.92 Å². The van der Waals surface area contributed by atoms with Crippen molar-refractivity contribution in [2.75, 3.05) is 21.3 Å². The van der Waals surface area contributed by atoms with Gasteiger partial charge in [-0.1, -0.05) is 37.1 Å². The maximum absolute atomic E-state index is 6.13. The fourth-order valence-electron chi connectivity index (χ4n) is 4.93. The smallest absolute Gasteiger partial charge is 0.203 e. The molecule has 1 atom stereocenters. The Morgan fingerprint density at radius 3 is 2.32 bits per heavy atom. The number of aryl methyl sites for hydroxylation is 1. The maximum Gasteiger partial charge on any atom is 0.203 e. The van der Waals surface area contributed by atoms with Gasteiger partial charge < -0.3 is 14.2 Å². The second kappa shape index (κ2) is 9.18. The van der Waals surface area contributed by atoms with Crippen LogP contribution in [0.15, 0.2) is 42.6 Å². The molecule has 2 heterocycles. The van der Waals surface area contributed by atoms with Crippen molar-refractivity contribution in [2.24, 2.45) is 5.92 Å². The number of hydrogen-bond donors (Lipinski definition) is 0. The van der Waals surface area contributed by atoms with Crippen LogP contribution in [0.5, 0.6) is 17.2 Å². The number of nitrogens with zero attached hydrogens (tertiary/aromatic N) is 3. The van der Waals surface area contributed by atoms with Crippen LogP contribution in [-0.2, 0) is 12.8 Å². The monoisotopic (exact) mass is 477 g/mol. The molecule has 0 bridgehead atoms. The van der Waals surface area contributed by atoms with Crippen molar-refractivity contribution in [3.05, 3.63) is 58.9 Å². The third-order valence-corrected chi connectivity index (χ3v) is 7.06. The van der Waals surface area contributed by atoms with Gasteiger partial charge in [0.15, 0.2) is 17.1 Å². The van der Waals surface area contributed by atoms with Gasteiger partial charge in [-0.25, -0.2) is 9.50 Å². The third kappa shape index (κ3) is 3.76. The van der Waals surface area contributed by atoms with Crippen molar-refractivity contribution in [1.29, 1.82) is 0 Å². The standard InChI is InChI=1S/C27H28ClN3O3/c1-5-16-6-11-22-20(12-16)25(18-13-23(32-2)26(34-4)24(14-18)33-3)30-27-21(15-29-31(22)27)17-7-9-19(28)10-8-17/h7-10,13-16H,5-6,11-12H2,1-4H3. The minimum atomic E-state index is 0.571. The summed E-state index contributed by atoms with van der Waals surface area (Å²) in [5, 5.41) is 5.47. The summed E-state index contributed by atoms with van der Waals surface area (Å²) in [6.07, 6.45) is 6.12. The Morgan fingerprint density at radius 2 is 1.71 bits per heavy atom. The molecular formula is C27H28ClN3O3. The SMILES string of the molecule is CCC1CCc2c(c(-c3cc(OC)c(OC)c(OC)c3)nc3c(-c4ccc(Cl)cc4)cnn23)C1. The number of aromatic nitrogens is 3. The molecule has 176 valence electrons. The molecule has 2 aromatic heterocycles. The number of rotatable bonds is 6. The van der Waals surface area contributed by atoms with Crippen molar-refractivity contribution in [3.8, 4) is 39.6 Å². The summed E-state index contributed by atoms with van der Waals surface area (Å²) in [7, 11) is 4.88. The van der Waals surface area contributed by atoms with E-state index in [9.17, 15) is 0 Å². The van der Waals surface area contributed by atoms with Gasteiger partial charge in [0, 0.05) is 27.4 Å². The highest BCUT2D eigenvalue weighted by Gasteiger charge is 2.27. The van der Waals surface area contributed by atoms with E-state index >= 15 is 0 Å². The topological polar surface area (TPSA) is 57.9 Å². The minimum Gasteiger partial charge on any atom is -0.493 e. The summed E-state index contributed by atoms with van der Waals surface area (Å²) in [4.78, 5) is 5.21. The van der Waals surface area contributed by atoms with Gasteiger partial charge in [0.25, 0.3) is 0 Å². The fourth-order valence-corrected chi connectivity index (χ4v) is 5.05. The van der Waals surface area contributed by atoms with Gasteiger partial charge in [-0.05, 0) is 55.0 Å². The van der Waals surface area contributed by atoms with Crippen molar-refractivity contribution >= 4 is 17.2 Å². The lowest BCUT2D eigenvalue weighted by Crippen LogP contribution is -2.19. The molecule has 0 fully saturated rings. The molecule has 0 radical (unpaired) electrons. The predicted octanol–water partition coefficient (Wildman–Crippen LogP) is 6.26. The van der Waals surface area contributed by atoms with Crippen molar-refractivity contribution < 1.29 is 14.2 Å². The molecular weight excluding hydrogens is 450 g/mol. The molecule has 0 spiro atoms. The number of methoxy groups -OCH3 is 3. The van der Waals surface area contributed by atoms with Gasteiger partial charge in [0.05, 0.1) is 33.2 Å². The summed E-state index contributed by atoms with van der Waals surface area (Å²) >= 11 is 6.13. The third-order valence-electron chi connectivity index (χ3n) is 6.80. The second-order valence-electron chi connectivity index (χ2n) is 8.62. The van der Waals surface area contributed by atoms with Gasteiger partial charge >= 0.3 is 0 Å². The van der Waals surface area contributed by atoms with Crippen LogP contribution in [0.2, 0.25) is 5.02 Å². The number of benzene rings is 2. The maximum atomic E-state index is 6.13. The highest BCUT2D eigenvalue weighted by atomic mass is 35.5. The van der Waals surface area contributed by atoms with E-state index < -0.39 is 0 Å². The van der Waals surface area contributed by atoms with Crippen LogP contribution in [-0.4, -0.2) is 35.9 Å². The van der Waals surface area contributed by atoms with E-state index in [0.29, 0.717) is 28.2 Å². The number of hydrogen-bond acceptors (Lipinski definition) is 5. The Balaban J connectivity index is 1.78. The molecule has 5 rings (SSSR count). The fraction of sp³-hybridized carbons (Fsp3) is 0.333. The van der Waals surface area contributed by atoms with Crippen molar-refractivity contribution in [2.45, 2.75) is 32.6 Å². The first-order valence-corrected chi connectivity index (χ1v) is 11.9. The van der Waals surface area contributed by atoms with Crippen molar-refractivity contribution in [3.63, 3.8) is 0 Å². The molecule has 7 heteroatoms. The van der Waals surface area contributed by atoms with Crippen LogP contribution < -0.4 is 14.2 Å². The Labute approximate surface area is 204 Å². The zero-order chi connectivity index (χ0) is 23.8. The zero-order valence-corrected chi connectivity index (χ0v) is 20.6. The van der Waals surface area contributed by atoms with Crippen LogP contribution >= 0.6 is 11.6 Å². The first kappa shape index (κ1) is 22.5. The lowest BCUT2D eigenvalue weighted by atomic mass is 9.83. The summed E-state index contributed by atoms with van der Waals surface area (Å²) in [5.74, 6) is 2.42. The molecule has 0 amide bonds. The van der Waals surface area contributed by atoms with Crippen LogP contribution in [0.1, 0.15) is 31.0 Å². The first-order valence-electron chi connectivity index (χ1n) is 11.5. The summed E-state index contributed by atoms with van der Waals surface area (Å²) < 4.78 is 18.8. The average molecular weight is 478 g/mol. The van der Waals surface area contributed by atoms with E-state index in [1.54, 1.807) is 21.3 Å². The lowest BCUT2D eigenvalue weighted by Gasteiger charge is -2.26. The zero-order valence-electron chi connectivity index (χ0n) is 19.9. The summed E-state index contributed by atoms with van der Waals surface area (Å²) in [5.41, 5.74) is 7.18. The summed E-state index contributed by atoms with van der Waals surface area (Å²) in [6.45, 7) is 2.26. The number of ether oxygens (including phenoxy) is 3. The number of halogens is 1. The molecule has 34 heavy (non-hydrogen) atoms. The first-order chi connectivity index (χ1) is 16.6. The molecule has 1 aliphatic carbocycles. The van der Waals surface area contributed by atoms with Gasteiger partial charge in [-0.2, -0.15) is 5.10 Å². The van der Waals surface area contributed by atoms with E-state index in [1.807, 2.05) is 47.1 Å². The lowest BCUT2D eigenvalue weighted by molar-refractivity contribution is 0.324. The van der Waals surface area contributed by atoms with Crippen molar-refractivity contribution in [1.82, 2.24) is 14.6 Å². The van der Waals surface area contributed by atoms with Gasteiger partial charge in [-0.15, -0.1) is 0 Å². The quantitative estimate of drug-likeness (QED) is 0.328. The van der Waals surface area contributed by atoms with Crippen LogP contribution in [0.25, 0.3) is 28.0 Å². The van der Waals surface area contributed by atoms with Gasteiger partial charge in [0.2, 0.25) is 5.75 Å². The van der Waals surface area contributed by atoms with Gasteiger partial charge in [0.1, 0.15) is 0 Å². The molecule has 0 saturated heterocycles. The largest absolute Gasteiger partial charge is 0.493 e. The molecule has 4 aromatic rings. The minimum absolute atomic E-state index is 0.571. The normalized spacial score (nSPS) is 15.3. The number of fused-ring (bicyclic) bond motifs is 3. The molecule has 1 unspecified atom stereocenters. The van der Waals surface area contributed by atoms with E-state index in [-0.39, 0.29) is 0 Å². The van der Waals surface area contributed by atoms with E-state index in [0.717, 1.165) is 53.7 Å². The van der Waals surface area contributed by atoms with Crippen LogP contribution in [0, 0.1) is 5.92 Å². The molecule has 1 aliphatic rings. The summed E-state index contributed by atoms with van der Waals surface area (Å²) in [6, 6.07) is 11.8. The van der Waals surface area contributed by atoms with E-state index in [4.69, 9.17) is 35.9 Å². The van der Waals surface area contributed by atoms with Crippen LogP contribution in [0.3, 0.4) is 0 Å². The Hall–Kier alpha value is -3.25. The Bertz CT molecular complexity index is 1320. The Morgan fingerprint density at radius 1 is 1.00 bits per heavy atom. The van der Waals surface area contributed by atoms with Gasteiger partial charge in [-0.3, -0.25) is 0 Å². The molecule has 0 aliphatic heterocycles. The average Bonchev–Trinajstić information content (AvgIpc) is 3.31. The highest BCUT2D eigenvalue weighted by Crippen LogP contribution is 2.43. The molecule has 2 aromatic carbocycles. The predicted molar refractivity (Wildman–Crippen MR) is 134 cm³/mol. The van der Waals surface area contributed by atoms with Crippen LogP contribution in [0.4, 0.5) is 0 Å². The molecule has 6 nitrogen and oxygen atoms in total. The molecule has 0 saturated carbocycles. The second-order valence-corrected chi connectivity index (χ2v) is 9.05. The Kier molecular flexibility index (Phi) is 6.09. The molecule has 0 N–H and O–H groups in total.